The van der Waals surface area contributed by atoms with Gasteiger partial charge in [0.1, 0.15) is 0 Å². The number of rotatable bonds is 6. The Morgan fingerprint density at radius 3 is 3.04 bits per heavy atom. The first-order chi connectivity index (χ1) is 12.1. The van der Waals surface area contributed by atoms with E-state index >= 15 is 0 Å². The summed E-state index contributed by atoms with van der Waals surface area (Å²) in [5.74, 6) is -0.187. The number of amides is 1. The van der Waals surface area contributed by atoms with Crippen molar-refractivity contribution in [2.45, 2.75) is 32.9 Å². The van der Waals surface area contributed by atoms with Crippen LogP contribution in [0.3, 0.4) is 0 Å². The van der Waals surface area contributed by atoms with Crippen molar-refractivity contribution in [3.63, 3.8) is 0 Å². The molecule has 1 saturated heterocycles. The van der Waals surface area contributed by atoms with Crippen molar-refractivity contribution in [1.29, 1.82) is 0 Å². The van der Waals surface area contributed by atoms with Gasteiger partial charge in [0.25, 0.3) is 0 Å². The second kappa shape index (κ2) is 8.12. The van der Waals surface area contributed by atoms with Crippen molar-refractivity contribution >= 4 is 11.6 Å². The molecule has 2 aromatic rings. The standard InChI is InChI=1S/C20H26N4O/c1-15-5-3-9-22-19(15)12-23-18-8-2-6-16(11-18)13-24-10-4-7-17(14-24)20(21)25/h2-3,5-6,8-9,11,17,23H,4,7,10,12-14H2,1H3,(H2,21,25)/t17-/m0/s1. The number of carbonyl (C=O) groups is 1. The van der Waals surface area contributed by atoms with Crippen LogP contribution >= 0.6 is 0 Å². The zero-order valence-corrected chi connectivity index (χ0v) is 14.7. The van der Waals surface area contributed by atoms with Crippen molar-refractivity contribution < 1.29 is 4.79 Å². The number of pyridine rings is 1. The summed E-state index contributed by atoms with van der Waals surface area (Å²) < 4.78 is 0. The van der Waals surface area contributed by atoms with Gasteiger partial charge in [0.15, 0.2) is 0 Å². The molecule has 0 radical (unpaired) electrons. The summed E-state index contributed by atoms with van der Waals surface area (Å²) in [6.45, 7) is 5.42. The van der Waals surface area contributed by atoms with E-state index in [1.54, 1.807) is 0 Å². The van der Waals surface area contributed by atoms with Crippen LogP contribution in [0.25, 0.3) is 0 Å². The van der Waals surface area contributed by atoms with Crippen LogP contribution in [0.2, 0.25) is 0 Å². The molecule has 2 heterocycles. The first-order valence-electron chi connectivity index (χ1n) is 8.87. The SMILES string of the molecule is Cc1cccnc1CNc1cccc(CN2CCC[C@H](C(N)=O)C2)c1. The van der Waals surface area contributed by atoms with Gasteiger partial charge in [0.2, 0.25) is 5.91 Å². The summed E-state index contributed by atoms with van der Waals surface area (Å²) >= 11 is 0. The maximum absolute atomic E-state index is 11.4. The summed E-state index contributed by atoms with van der Waals surface area (Å²) in [6.07, 6.45) is 3.77. The maximum atomic E-state index is 11.4. The fourth-order valence-electron chi connectivity index (χ4n) is 3.36. The van der Waals surface area contributed by atoms with E-state index in [2.05, 4.69) is 52.5 Å². The van der Waals surface area contributed by atoms with E-state index in [9.17, 15) is 4.79 Å². The number of likely N-dealkylation sites (tertiary alicyclic amines) is 1. The largest absolute Gasteiger partial charge is 0.379 e. The Balaban J connectivity index is 1.59. The number of nitrogens with two attached hydrogens (primary N) is 1. The molecule has 1 aromatic heterocycles. The van der Waals surface area contributed by atoms with Crippen molar-refractivity contribution in [3.8, 4) is 0 Å². The monoisotopic (exact) mass is 338 g/mol. The molecule has 1 atom stereocenters. The average molecular weight is 338 g/mol. The van der Waals surface area contributed by atoms with Gasteiger partial charge in [-0.05, 0) is 55.6 Å². The highest BCUT2D eigenvalue weighted by molar-refractivity contribution is 5.76. The summed E-state index contributed by atoms with van der Waals surface area (Å²) in [4.78, 5) is 18.2. The Labute approximate surface area is 149 Å². The lowest BCUT2D eigenvalue weighted by atomic mass is 9.97. The van der Waals surface area contributed by atoms with Crippen LogP contribution in [0.4, 0.5) is 5.69 Å². The number of anilines is 1. The maximum Gasteiger partial charge on any atom is 0.221 e. The molecule has 1 aliphatic heterocycles. The molecule has 5 heteroatoms. The van der Waals surface area contributed by atoms with E-state index in [0.717, 1.165) is 43.9 Å². The van der Waals surface area contributed by atoms with E-state index in [1.807, 2.05) is 12.3 Å². The highest BCUT2D eigenvalue weighted by Gasteiger charge is 2.23. The molecular weight excluding hydrogens is 312 g/mol. The predicted molar refractivity (Wildman–Crippen MR) is 99.9 cm³/mol. The van der Waals surface area contributed by atoms with Gasteiger partial charge in [-0.25, -0.2) is 0 Å². The summed E-state index contributed by atoms with van der Waals surface area (Å²) in [7, 11) is 0. The second-order valence-electron chi connectivity index (χ2n) is 6.80. The van der Waals surface area contributed by atoms with Gasteiger partial charge < -0.3 is 11.1 Å². The van der Waals surface area contributed by atoms with Crippen LogP contribution in [0.1, 0.15) is 29.7 Å². The zero-order valence-electron chi connectivity index (χ0n) is 14.7. The number of piperidine rings is 1. The first-order valence-corrected chi connectivity index (χ1v) is 8.87. The quantitative estimate of drug-likeness (QED) is 0.849. The lowest BCUT2D eigenvalue weighted by Crippen LogP contribution is -2.40. The highest BCUT2D eigenvalue weighted by Crippen LogP contribution is 2.20. The topological polar surface area (TPSA) is 71.2 Å². The normalized spacial score (nSPS) is 18.0. The van der Waals surface area contributed by atoms with Gasteiger partial charge in [-0.1, -0.05) is 18.2 Å². The predicted octanol–water partition coefficient (Wildman–Crippen LogP) is 2.70. The Hall–Kier alpha value is -2.40. The third-order valence-corrected chi connectivity index (χ3v) is 4.82. The Morgan fingerprint density at radius 2 is 2.24 bits per heavy atom. The molecule has 132 valence electrons. The van der Waals surface area contributed by atoms with Crippen LogP contribution in [-0.4, -0.2) is 28.9 Å². The molecule has 0 bridgehead atoms. The smallest absolute Gasteiger partial charge is 0.221 e. The minimum absolute atomic E-state index is 0.0119. The lowest BCUT2D eigenvalue weighted by Gasteiger charge is -2.31. The van der Waals surface area contributed by atoms with Crippen LogP contribution in [0, 0.1) is 12.8 Å². The average Bonchev–Trinajstić information content (AvgIpc) is 2.61. The number of primary amides is 1. The van der Waals surface area contributed by atoms with Crippen molar-refractivity contribution in [2.24, 2.45) is 11.7 Å². The fraction of sp³-hybridized carbons (Fsp3) is 0.400. The first kappa shape index (κ1) is 17.4. The summed E-state index contributed by atoms with van der Waals surface area (Å²) in [6, 6.07) is 12.5. The second-order valence-corrected chi connectivity index (χ2v) is 6.80. The molecule has 0 aliphatic carbocycles. The van der Waals surface area contributed by atoms with Gasteiger partial charge in [-0.15, -0.1) is 0 Å². The molecule has 1 amide bonds. The number of hydrogen-bond acceptors (Lipinski definition) is 4. The molecule has 0 unspecified atom stereocenters. The van der Waals surface area contributed by atoms with Crippen LogP contribution < -0.4 is 11.1 Å². The summed E-state index contributed by atoms with van der Waals surface area (Å²) in [5.41, 5.74) is 10.1. The summed E-state index contributed by atoms with van der Waals surface area (Å²) in [5, 5.41) is 3.45. The molecule has 3 N–H and O–H groups in total. The van der Waals surface area contributed by atoms with Crippen molar-refractivity contribution in [3.05, 3.63) is 59.4 Å². The zero-order chi connectivity index (χ0) is 17.6. The number of benzene rings is 1. The van der Waals surface area contributed by atoms with E-state index < -0.39 is 0 Å². The highest BCUT2D eigenvalue weighted by atomic mass is 16.1. The third-order valence-electron chi connectivity index (χ3n) is 4.82. The minimum atomic E-state index is -0.175. The van der Waals surface area contributed by atoms with E-state index in [-0.39, 0.29) is 11.8 Å². The lowest BCUT2D eigenvalue weighted by molar-refractivity contribution is -0.123. The number of carbonyl (C=O) groups excluding carboxylic acids is 1. The van der Waals surface area contributed by atoms with Crippen molar-refractivity contribution in [1.82, 2.24) is 9.88 Å². The molecule has 1 aliphatic rings. The number of aryl methyl sites for hydroxylation is 1. The Bertz CT molecular complexity index is 731. The van der Waals surface area contributed by atoms with Crippen LogP contribution in [0.5, 0.6) is 0 Å². The van der Waals surface area contributed by atoms with Crippen LogP contribution in [0.15, 0.2) is 42.6 Å². The molecule has 0 saturated carbocycles. The van der Waals surface area contributed by atoms with Gasteiger partial charge in [-0.3, -0.25) is 14.7 Å². The third kappa shape index (κ3) is 4.79. The molecule has 1 aromatic carbocycles. The fourth-order valence-corrected chi connectivity index (χ4v) is 3.36. The van der Waals surface area contributed by atoms with E-state index in [0.29, 0.717) is 6.54 Å². The molecule has 1 fully saturated rings. The van der Waals surface area contributed by atoms with Gasteiger partial charge >= 0.3 is 0 Å². The van der Waals surface area contributed by atoms with E-state index in [1.165, 1.54) is 11.1 Å². The molecule has 25 heavy (non-hydrogen) atoms. The molecule has 0 spiro atoms. The Morgan fingerprint density at radius 1 is 1.36 bits per heavy atom. The molecule has 3 rings (SSSR count). The van der Waals surface area contributed by atoms with Gasteiger partial charge in [0, 0.05) is 25.0 Å². The number of hydrogen-bond donors (Lipinski definition) is 2. The van der Waals surface area contributed by atoms with Crippen molar-refractivity contribution in [2.75, 3.05) is 18.4 Å². The van der Waals surface area contributed by atoms with E-state index in [4.69, 9.17) is 5.73 Å². The molecular formula is C20H26N4O. The van der Waals surface area contributed by atoms with Gasteiger partial charge in [-0.2, -0.15) is 0 Å². The minimum Gasteiger partial charge on any atom is -0.379 e. The molecule has 5 nitrogen and oxygen atoms in total. The number of aromatic nitrogens is 1. The number of nitrogens with zero attached hydrogens (tertiary/aromatic N) is 2. The van der Waals surface area contributed by atoms with Crippen LogP contribution in [-0.2, 0) is 17.9 Å². The Kier molecular flexibility index (Phi) is 5.66. The van der Waals surface area contributed by atoms with Gasteiger partial charge in [0.05, 0.1) is 18.2 Å². The number of nitrogens with one attached hydrogen (secondary N) is 1.